The van der Waals surface area contributed by atoms with E-state index >= 15 is 0 Å². The molecule has 0 N–H and O–H groups in total. The number of Topliss-reactive ketones (excluding diaryl/α,β-unsaturated/α-hetero) is 1. The third kappa shape index (κ3) is 4.11. The Hall–Kier alpha value is -2.54. The van der Waals surface area contributed by atoms with Crippen molar-refractivity contribution in [3.8, 4) is 0 Å². The van der Waals surface area contributed by atoms with E-state index in [4.69, 9.17) is 16.3 Å². The molecule has 132 valence electrons. The second-order valence-electron chi connectivity index (χ2n) is 5.34. The van der Waals surface area contributed by atoms with Gasteiger partial charge in [-0.05, 0) is 19.1 Å². The molecule has 1 aromatic heterocycles. The van der Waals surface area contributed by atoms with Crippen molar-refractivity contribution in [2.24, 2.45) is 0 Å². The first-order valence-electron chi connectivity index (χ1n) is 7.30. The molecule has 2 aromatic rings. The molecule has 25 heavy (non-hydrogen) atoms. The zero-order chi connectivity index (χ0) is 18.7. The van der Waals surface area contributed by atoms with E-state index in [1.165, 1.54) is 17.2 Å². The third-order valence-corrected chi connectivity index (χ3v) is 3.47. The van der Waals surface area contributed by atoms with Crippen molar-refractivity contribution < 1.29 is 23.1 Å². The van der Waals surface area contributed by atoms with E-state index in [-0.39, 0.29) is 33.8 Å². The minimum Gasteiger partial charge on any atom is -0.462 e. The van der Waals surface area contributed by atoms with Crippen molar-refractivity contribution in [3.63, 3.8) is 0 Å². The van der Waals surface area contributed by atoms with Crippen LogP contribution in [0.4, 0.5) is 8.78 Å². The van der Waals surface area contributed by atoms with Crippen molar-refractivity contribution in [2.75, 3.05) is 20.7 Å². The van der Waals surface area contributed by atoms with Gasteiger partial charge < -0.3 is 9.64 Å². The number of ether oxygens (including phenoxy) is 1. The van der Waals surface area contributed by atoms with Gasteiger partial charge in [-0.2, -0.15) is 0 Å². The molecule has 5 nitrogen and oxygen atoms in total. The van der Waals surface area contributed by atoms with Crippen molar-refractivity contribution >= 4 is 34.3 Å². The number of nitrogens with zero attached hydrogens (tertiary/aromatic N) is 2. The molecule has 0 spiro atoms. The average Bonchev–Trinajstić information content (AvgIpc) is 2.53. The summed E-state index contributed by atoms with van der Waals surface area (Å²) in [6.07, 6.45) is 1.30. The van der Waals surface area contributed by atoms with Crippen molar-refractivity contribution in [3.05, 3.63) is 52.3 Å². The Kier molecular flexibility index (Phi) is 5.69. The van der Waals surface area contributed by atoms with Crippen LogP contribution >= 0.6 is 11.6 Å². The smallest absolute Gasteiger partial charge is 0.343 e. The standard InChI is InChI=1S/C17H15ClF2N2O3/c1-4-25-17(24)11(8-22(2)3)15(23)10-5-9-6-12(19)13(20)7-14(9)21-16(10)18/h5-8H,4H2,1-3H3. The number of aromatic nitrogens is 1. The maximum atomic E-state index is 13.4. The quantitative estimate of drug-likeness (QED) is 0.202. The summed E-state index contributed by atoms with van der Waals surface area (Å²) < 4.78 is 31.6. The summed E-state index contributed by atoms with van der Waals surface area (Å²) >= 11 is 6.01. The molecule has 8 heteroatoms. The molecule has 0 unspecified atom stereocenters. The van der Waals surface area contributed by atoms with Gasteiger partial charge in [-0.3, -0.25) is 4.79 Å². The maximum Gasteiger partial charge on any atom is 0.343 e. The Morgan fingerprint density at radius 1 is 1.24 bits per heavy atom. The molecule has 0 bridgehead atoms. The van der Waals surface area contributed by atoms with E-state index in [9.17, 15) is 18.4 Å². The lowest BCUT2D eigenvalue weighted by Crippen LogP contribution is -2.20. The lowest BCUT2D eigenvalue weighted by molar-refractivity contribution is -0.138. The number of hydrogen-bond acceptors (Lipinski definition) is 5. The molecule has 0 radical (unpaired) electrons. The second kappa shape index (κ2) is 7.57. The highest BCUT2D eigenvalue weighted by Gasteiger charge is 2.25. The SMILES string of the molecule is CCOC(=O)C(=CN(C)C)C(=O)c1cc2cc(F)c(F)cc2nc1Cl. The summed E-state index contributed by atoms with van der Waals surface area (Å²) in [6, 6.07) is 3.05. The zero-order valence-corrected chi connectivity index (χ0v) is 14.5. The average molecular weight is 369 g/mol. The number of carbonyl (C=O) groups excluding carboxylic acids is 2. The Balaban J connectivity index is 2.58. The molecular formula is C17H15ClF2N2O3. The molecular weight excluding hydrogens is 354 g/mol. The van der Waals surface area contributed by atoms with E-state index < -0.39 is 23.4 Å². The van der Waals surface area contributed by atoms with Crippen LogP contribution in [0.1, 0.15) is 17.3 Å². The summed E-state index contributed by atoms with van der Waals surface area (Å²) in [7, 11) is 3.26. The fourth-order valence-electron chi connectivity index (χ4n) is 2.12. The minimum absolute atomic E-state index is 0.0884. The molecule has 2 rings (SSSR count). The minimum atomic E-state index is -1.08. The summed E-state index contributed by atoms with van der Waals surface area (Å²) in [5.74, 6) is -3.70. The zero-order valence-electron chi connectivity index (χ0n) is 13.8. The monoisotopic (exact) mass is 368 g/mol. The number of pyridine rings is 1. The summed E-state index contributed by atoms with van der Waals surface area (Å²) in [6.45, 7) is 1.70. The van der Waals surface area contributed by atoms with Gasteiger partial charge >= 0.3 is 5.97 Å². The number of halogens is 3. The van der Waals surface area contributed by atoms with Crippen LogP contribution in [-0.2, 0) is 9.53 Å². The van der Waals surface area contributed by atoms with Crippen LogP contribution in [0, 0.1) is 11.6 Å². The highest BCUT2D eigenvalue weighted by molar-refractivity contribution is 6.36. The molecule has 0 saturated carbocycles. The number of benzene rings is 1. The first-order chi connectivity index (χ1) is 11.7. The van der Waals surface area contributed by atoms with Crippen LogP contribution in [0.25, 0.3) is 10.9 Å². The van der Waals surface area contributed by atoms with Crippen molar-refractivity contribution in [1.29, 1.82) is 0 Å². The van der Waals surface area contributed by atoms with Crippen molar-refractivity contribution in [2.45, 2.75) is 6.92 Å². The van der Waals surface area contributed by atoms with Gasteiger partial charge in [0.1, 0.15) is 10.7 Å². The number of hydrogen-bond donors (Lipinski definition) is 0. The predicted molar refractivity (Wildman–Crippen MR) is 89.4 cm³/mol. The van der Waals surface area contributed by atoms with Gasteiger partial charge in [-0.1, -0.05) is 11.6 Å². The fraction of sp³-hybridized carbons (Fsp3) is 0.235. The van der Waals surface area contributed by atoms with Gasteiger partial charge in [0.15, 0.2) is 11.6 Å². The highest BCUT2D eigenvalue weighted by Crippen LogP contribution is 2.25. The lowest BCUT2D eigenvalue weighted by Gasteiger charge is -2.12. The van der Waals surface area contributed by atoms with E-state index in [0.29, 0.717) is 0 Å². The molecule has 0 amide bonds. The molecule has 1 heterocycles. The predicted octanol–water partition coefficient (Wildman–Crippen LogP) is 3.36. The van der Waals surface area contributed by atoms with Crippen LogP contribution in [0.15, 0.2) is 30.0 Å². The first kappa shape index (κ1) is 18.8. The normalized spacial score (nSPS) is 11.5. The van der Waals surface area contributed by atoms with E-state index in [1.54, 1.807) is 21.0 Å². The highest BCUT2D eigenvalue weighted by atomic mass is 35.5. The molecule has 0 saturated heterocycles. The first-order valence-corrected chi connectivity index (χ1v) is 7.67. The molecule has 1 aromatic carbocycles. The van der Waals surface area contributed by atoms with Gasteiger partial charge in [0, 0.05) is 31.7 Å². The summed E-state index contributed by atoms with van der Waals surface area (Å²) in [5, 5.41) is -0.0443. The Bertz CT molecular complexity index is 882. The van der Waals surface area contributed by atoms with Gasteiger partial charge in [0.2, 0.25) is 5.78 Å². The number of fused-ring (bicyclic) bond motifs is 1. The second-order valence-corrected chi connectivity index (χ2v) is 5.70. The number of ketones is 1. The third-order valence-electron chi connectivity index (χ3n) is 3.18. The molecule has 0 atom stereocenters. The topological polar surface area (TPSA) is 59.5 Å². The van der Waals surface area contributed by atoms with Gasteiger partial charge in [0.05, 0.1) is 17.7 Å². The number of carbonyl (C=O) groups is 2. The van der Waals surface area contributed by atoms with Crippen LogP contribution in [-0.4, -0.2) is 42.3 Å². The lowest BCUT2D eigenvalue weighted by atomic mass is 10.0. The van der Waals surface area contributed by atoms with Gasteiger partial charge in [-0.25, -0.2) is 18.6 Å². The Morgan fingerprint density at radius 2 is 1.88 bits per heavy atom. The van der Waals surface area contributed by atoms with Crippen LogP contribution in [0.5, 0.6) is 0 Å². The van der Waals surface area contributed by atoms with E-state index in [2.05, 4.69) is 4.98 Å². The molecule has 0 aliphatic rings. The van der Waals surface area contributed by atoms with E-state index in [0.717, 1.165) is 12.1 Å². The van der Waals surface area contributed by atoms with Crippen LogP contribution < -0.4 is 0 Å². The number of rotatable bonds is 5. The van der Waals surface area contributed by atoms with E-state index in [1.807, 2.05) is 0 Å². The van der Waals surface area contributed by atoms with Crippen LogP contribution in [0.3, 0.4) is 0 Å². The molecule has 0 fully saturated rings. The fourth-order valence-corrected chi connectivity index (χ4v) is 2.35. The van der Waals surface area contributed by atoms with Crippen molar-refractivity contribution in [1.82, 2.24) is 9.88 Å². The number of esters is 1. The molecule has 0 aliphatic carbocycles. The van der Waals surface area contributed by atoms with Gasteiger partial charge in [-0.15, -0.1) is 0 Å². The maximum absolute atomic E-state index is 13.4. The summed E-state index contributed by atoms with van der Waals surface area (Å²) in [4.78, 5) is 30.2. The van der Waals surface area contributed by atoms with Gasteiger partial charge in [0.25, 0.3) is 0 Å². The molecule has 0 aliphatic heterocycles. The Morgan fingerprint density at radius 3 is 2.48 bits per heavy atom. The Labute approximate surface area is 147 Å². The summed E-state index contributed by atoms with van der Waals surface area (Å²) in [5.41, 5.74) is -0.270. The largest absolute Gasteiger partial charge is 0.462 e. The van der Waals surface area contributed by atoms with Crippen LogP contribution in [0.2, 0.25) is 5.15 Å².